The minimum absolute atomic E-state index is 0.0615. The first-order valence-electron chi connectivity index (χ1n) is 6.90. The highest BCUT2D eigenvalue weighted by Gasteiger charge is 2.34. The van der Waals surface area contributed by atoms with Crippen molar-refractivity contribution in [2.45, 2.75) is 18.9 Å². The Balaban J connectivity index is 1.77. The summed E-state index contributed by atoms with van der Waals surface area (Å²) in [5.74, 6) is 0.178. The van der Waals surface area contributed by atoms with Gasteiger partial charge in [-0.3, -0.25) is 9.69 Å². The third kappa shape index (κ3) is 3.47. The molecule has 22 heavy (non-hydrogen) atoms. The first-order chi connectivity index (χ1) is 10.5. The molecule has 2 fully saturated rings. The molecule has 1 aromatic carbocycles. The molecule has 1 N–H and O–H groups in total. The largest absolute Gasteiger partial charge is 0.507 e. The molecule has 0 radical (unpaired) electrons. The second-order valence-electron chi connectivity index (χ2n) is 5.14. The van der Waals surface area contributed by atoms with Crippen LogP contribution in [0.15, 0.2) is 23.1 Å². The smallest absolute Gasteiger partial charge is 0.266 e. The van der Waals surface area contributed by atoms with Crippen molar-refractivity contribution in [3.63, 3.8) is 0 Å². The van der Waals surface area contributed by atoms with Crippen molar-refractivity contribution >= 4 is 62.9 Å². The van der Waals surface area contributed by atoms with Crippen LogP contribution in [0.25, 0.3) is 6.08 Å². The number of benzene rings is 1. The minimum Gasteiger partial charge on any atom is -0.507 e. The first kappa shape index (κ1) is 16.2. The molecule has 2 saturated heterocycles. The number of hydrogen-bond acceptors (Lipinski definition) is 5. The van der Waals surface area contributed by atoms with Gasteiger partial charge in [-0.25, -0.2) is 0 Å². The normalized spacial score (nSPS) is 23.8. The summed E-state index contributed by atoms with van der Waals surface area (Å²) in [7, 11) is 0. The van der Waals surface area contributed by atoms with Gasteiger partial charge < -0.3 is 9.84 Å². The number of halogens is 1. The Morgan fingerprint density at radius 2 is 2.36 bits per heavy atom. The van der Waals surface area contributed by atoms with E-state index in [-0.39, 0.29) is 17.8 Å². The zero-order valence-corrected chi connectivity index (χ0v) is 15.4. The van der Waals surface area contributed by atoms with Gasteiger partial charge in [0.1, 0.15) is 10.1 Å². The average Bonchev–Trinajstić information content (AvgIpc) is 3.08. The van der Waals surface area contributed by atoms with Crippen LogP contribution in [0.2, 0.25) is 0 Å². The van der Waals surface area contributed by atoms with E-state index in [9.17, 15) is 9.90 Å². The molecule has 2 heterocycles. The molecule has 1 atom stereocenters. The summed E-state index contributed by atoms with van der Waals surface area (Å²) in [5.41, 5.74) is 0.875. The molecule has 0 spiro atoms. The van der Waals surface area contributed by atoms with Gasteiger partial charge >= 0.3 is 0 Å². The number of carbonyl (C=O) groups is 1. The first-order valence-corrected chi connectivity index (χ1v) is 9.20. The zero-order chi connectivity index (χ0) is 15.7. The van der Waals surface area contributed by atoms with Crippen LogP contribution in [0.4, 0.5) is 0 Å². The highest BCUT2D eigenvalue weighted by atomic mass is 127. The predicted molar refractivity (Wildman–Crippen MR) is 99.7 cm³/mol. The van der Waals surface area contributed by atoms with Crippen molar-refractivity contribution in [3.8, 4) is 5.75 Å². The number of amides is 1. The van der Waals surface area contributed by atoms with Crippen molar-refractivity contribution in [2.24, 2.45) is 0 Å². The summed E-state index contributed by atoms with van der Waals surface area (Å²) in [6, 6.07) is 5.24. The number of hydrogen-bond donors (Lipinski definition) is 1. The van der Waals surface area contributed by atoms with Gasteiger partial charge in [0.2, 0.25) is 0 Å². The maximum Gasteiger partial charge on any atom is 0.266 e. The van der Waals surface area contributed by atoms with Crippen LogP contribution < -0.4 is 0 Å². The molecule has 4 nitrogen and oxygen atoms in total. The van der Waals surface area contributed by atoms with Crippen LogP contribution in [-0.2, 0) is 9.53 Å². The summed E-state index contributed by atoms with van der Waals surface area (Å²) in [6.07, 6.45) is 3.93. The number of thioether (sulfide) groups is 1. The van der Waals surface area contributed by atoms with Crippen LogP contribution >= 0.6 is 46.6 Å². The molecular weight excluding hydrogens is 433 g/mol. The van der Waals surface area contributed by atoms with Gasteiger partial charge in [-0.1, -0.05) is 30.0 Å². The molecule has 116 valence electrons. The Bertz CT molecular complexity index is 656. The standard InChI is InChI=1S/C15H14INO3S2/c16-11-6-9(3-4-12(11)18)7-13-14(19)17(15(21)22-13)8-10-2-1-5-20-10/h3-4,6-7,10,18H,1-2,5,8H2/b13-7-/t10-/m1/s1. The van der Waals surface area contributed by atoms with E-state index in [1.807, 2.05) is 12.1 Å². The molecule has 0 bridgehead atoms. The van der Waals surface area contributed by atoms with Crippen molar-refractivity contribution in [2.75, 3.05) is 13.2 Å². The summed E-state index contributed by atoms with van der Waals surface area (Å²) < 4.78 is 6.92. The number of phenolic OH excluding ortho intramolecular Hbond substituents is 1. The van der Waals surface area contributed by atoms with Crippen molar-refractivity contribution in [1.29, 1.82) is 0 Å². The van der Waals surface area contributed by atoms with Gasteiger partial charge in [-0.05, 0) is 59.2 Å². The summed E-state index contributed by atoms with van der Waals surface area (Å²) >= 11 is 8.70. The quantitative estimate of drug-likeness (QED) is 0.438. The number of ether oxygens (including phenoxy) is 1. The van der Waals surface area contributed by atoms with Gasteiger partial charge in [-0.15, -0.1) is 0 Å². The molecule has 2 aliphatic rings. The number of thiocarbonyl (C=S) groups is 1. The van der Waals surface area contributed by atoms with Gasteiger partial charge in [-0.2, -0.15) is 0 Å². The van der Waals surface area contributed by atoms with Crippen LogP contribution in [-0.4, -0.2) is 39.5 Å². The van der Waals surface area contributed by atoms with Crippen LogP contribution in [0.1, 0.15) is 18.4 Å². The fourth-order valence-corrected chi connectivity index (χ4v) is 4.23. The maximum atomic E-state index is 12.5. The van der Waals surface area contributed by atoms with E-state index in [0.717, 1.165) is 28.6 Å². The summed E-state index contributed by atoms with van der Waals surface area (Å²) in [6.45, 7) is 1.30. The fourth-order valence-electron chi connectivity index (χ4n) is 2.41. The topological polar surface area (TPSA) is 49.8 Å². The Kier molecular flexibility index (Phi) is 5.06. The van der Waals surface area contributed by atoms with Gasteiger partial charge in [0.15, 0.2) is 0 Å². The Morgan fingerprint density at radius 1 is 1.55 bits per heavy atom. The second-order valence-corrected chi connectivity index (χ2v) is 7.98. The van der Waals surface area contributed by atoms with E-state index in [2.05, 4.69) is 22.6 Å². The average molecular weight is 447 g/mol. The Hall–Kier alpha value is -0.640. The number of phenols is 1. The molecule has 0 saturated carbocycles. The molecule has 1 aromatic rings. The molecule has 1 amide bonds. The van der Waals surface area contributed by atoms with Gasteiger partial charge in [0.25, 0.3) is 5.91 Å². The van der Waals surface area contributed by atoms with Crippen molar-refractivity contribution < 1.29 is 14.6 Å². The summed E-state index contributed by atoms with van der Waals surface area (Å²) in [4.78, 5) is 14.7. The Labute approximate surface area is 152 Å². The lowest BCUT2D eigenvalue weighted by atomic mass is 10.2. The highest BCUT2D eigenvalue weighted by Crippen LogP contribution is 2.34. The van der Waals surface area contributed by atoms with Gasteiger partial charge in [0, 0.05) is 6.61 Å². The number of carbonyl (C=O) groups excluding carboxylic acids is 1. The molecule has 0 aromatic heterocycles. The molecule has 3 rings (SSSR count). The van der Waals surface area contributed by atoms with E-state index in [1.165, 1.54) is 11.8 Å². The predicted octanol–water partition coefficient (Wildman–Crippen LogP) is 3.38. The third-order valence-corrected chi connectivity index (χ3v) is 5.80. The number of rotatable bonds is 3. The van der Waals surface area contributed by atoms with Crippen LogP contribution in [0.5, 0.6) is 5.75 Å². The molecular formula is C15H14INO3S2. The van der Waals surface area contributed by atoms with Gasteiger partial charge in [0.05, 0.1) is 21.1 Å². The lowest BCUT2D eigenvalue weighted by Gasteiger charge is -2.18. The lowest BCUT2D eigenvalue weighted by Crippen LogP contribution is -2.35. The molecule has 7 heteroatoms. The minimum atomic E-state index is -0.0615. The summed E-state index contributed by atoms with van der Waals surface area (Å²) in [5, 5.41) is 9.56. The molecule has 0 aliphatic carbocycles. The molecule has 2 aliphatic heterocycles. The molecule has 0 unspecified atom stereocenters. The monoisotopic (exact) mass is 447 g/mol. The van der Waals surface area contributed by atoms with Crippen LogP contribution in [0, 0.1) is 3.57 Å². The fraction of sp³-hybridized carbons (Fsp3) is 0.333. The SMILES string of the molecule is O=C1/C(=C/c2ccc(O)c(I)c2)SC(=S)N1C[C@H]1CCCO1. The van der Waals surface area contributed by atoms with E-state index in [0.29, 0.717) is 15.8 Å². The van der Waals surface area contributed by atoms with E-state index in [4.69, 9.17) is 17.0 Å². The highest BCUT2D eigenvalue weighted by molar-refractivity contribution is 14.1. The third-order valence-electron chi connectivity index (χ3n) is 3.55. The van der Waals surface area contributed by atoms with E-state index in [1.54, 1.807) is 17.0 Å². The zero-order valence-electron chi connectivity index (χ0n) is 11.6. The number of aromatic hydroxyl groups is 1. The number of nitrogens with zero attached hydrogens (tertiary/aromatic N) is 1. The lowest BCUT2D eigenvalue weighted by molar-refractivity contribution is -0.123. The maximum absolute atomic E-state index is 12.5. The van der Waals surface area contributed by atoms with E-state index < -0.39 is 0 Å². The van der Waals surface area contributed by atoms with Crippen LogP contribution in [0.3, 0.4) is 0 Å². The second kappa shape index (κ2) is 6.86. The Morgan fingerprint density at radius 3 is 3.05 bits per heavy atom. The van der Waals surface area contributed by atoms with Crippen molar-refractivity contribution in [3.05, 3.63) is 32.2 Å². The van der Waals surface area contributed by atoms with Crippen molar-refractivity contribution in [1.82, 2.24) is 4.90 Å². The van der Waals surface area contributed by atoms with E-state index >= 15 is 0 Å².